The summed E-state index contributed by atoms with van der Waals surface area (Å²) in [7, 11) is 2.14. The molecule has 0 unspecified atom stereocenters. The quantitative estimate of drug-likeness (QED) is 0.495. The van der Waals surface area contributed by atoms with Crippen LogP contribution >= 0.6 is 0 Å². The van der Waals surface area contributed by atoms with Gasteiger partial charge in [0, 0.05) is 68.6 Å². The molecule has 3 N–H and O–H groups in total. The standard InChI is InChI=1S/C28H34N6O2/c1-32-17-19-34(20-18-32)24-9-7-21(8-10-24)31-28(36)26-25(11-14-29-27(26)35)30-22-12-15-33(16-13-22)23-5-3-2-4-6-23/h2-11,14,22H,12-13,15-20H2,1H3,(H,31,36)(H2,29,30,35). The molecular formula is C28H34N6O2. The number of aromatic amines is 1. The summed E-state index contributed by atoms with van der Waals surface area (Å²) in [6.45, 7) is 5.90. The van der Waals surface area contributed by atoms with Crippen molar-refractivity contribution in [3.8, 4) is 0 Å². The van der Waals surface area contributed by atoms with Gasteiger partial charge in [0.05, 0.1) is 5.69 Å². The molecule has 0 atom stereocenters. The summed E-state index contributed by atoms with van der Waals surface area (Å²) in [6.07, 6.45) is 3.44. The highest BCUT2D eigenvalue weighted by atomic mass is 16.2. The average Bonchev–Trinajstić information content (AvgIpc) is 2.91. The van der Waals surface area contributed by atoms with E-state index in [1.54, 1.807) is 12.3 Å². The molecule has 188 valence electrons. The van der Waals surface area contributed by atoms with E-state index in [-0.39, 0.29) is 11.6 Å². The minimum absolute atomic E-state index is 0.117. The lowest BCUT2D eigenvalue weighted by Gasteiger charge is -2.34. The number of hydrogen-bond donors (Lipinski definition) is 3. The predicted octanol–water partition coefficient (Wildman–Crippen LogP) is 3.46. The van der Waals surface area contributed by atoms with Gasteiger partial charge in [0.25, 0.3) is 11.5 Å². The normalized spacial score (nSPS) is 17.1. The Morgan fingerprint density at radius 2 is 1.47 bits per heavy atom. The molecule has 0 bridgehead atoms. The number of piperazine rings is 1. The van der Waals surface area contributed by atoms with Crippen LogP contribution in [0.15, 0.2) is 71.7 Å². The molecule has 1 amide bonds. The summed E-state index contributed by atoms with van der Waals surface area (Å²) >= 11 is 0. The van der Waals surface area contributed by atoms with Crippen molar-refractivity contribution in [2.24, 2.45) is 0 Å². The molecule has 0 saturated carbocycles. The molecule has 8 heteroatoms. The molecule has 3 heterocycles. The Labute approximate surface area is 211 Å². The van der Waals surface area contributed by atoms with E-state index in [0.29, 0.717) is 11.4 Å². The summed E-state index contributed by atoms with van der Waals surface area (Å²) in [5, 5.41) is 6.38. The fourth-order valence-corrected chi connectivity index (χ4v) is 4.98. The van der Waals surface area contributed by atoms with E-state index < -0.39 is 11.5 Å². The first-order chi connectivity index (χ1) is 17.6. The van der Waals surface area contributed by atoms with Crippen LogP contribution in [0.25, 0.3) is 0 Å². The van der Waals surface area contributed by atoms with Gasteiger partial charge in [-0.3, -0.25) is 9.59 Å². The number of nitrogens with one attached hydrogen (secondary N) is 3. The van der Waals surface area contributed by atoms with Crippen LogP contribution in [0.3, 0.4) is 0 Å². The number of hydrogen-bond acceptors (Lipinski definition) is 6. The average molecular weight is 487 g/mol. The van der Waals surface area contributed by atoms with Crippen molar-refractivity contribution >= 4 is 28.7 Å². The number of likely N-dealkylation sites (N-methyl/N-ethyl adjacent to an activating group) is 1. The molecular weight excluding hydrogens is 452 g/mol. The number of benzene rings is 2. The second-order valence-corrected chi connectivity index (χ2v) is 9.63. The van der Waals surface area contributed by atoms with Gasteiger partial charge < -0.3 is 30.3 Å². The molecule has 3 aromatic rings. The molecule has 5 rings (SSSR count). The SMILES string of the molecule is CN1CCN(c2ccc(NC(=O)c3c(NC4CCN(c5ccccc5)CC4)cc[nH]c3=O)cc2)CC1. The van der Waals surface area contributed by atoms with E-state index in [1.165, 1.54) is 5.69 Å². The van der Waals surface area contributed by atoms with Crippen LogP contribution in [0.4, 0.5) is 22.7 Å². The molecule has 0 aliphatic carbocycles. The molecule has 2 aliphatic heterocycles. The Hall–Kier alpha value is -3.78. The fraction of sp³-hybridized carbons (Fsp3) is 0.357. The third-order valence-corrected chi connectivity index (χ3v) is 7.16. The summed E-state index contributed by atoms with van der Waals surface area (Å²) in [5.41, 5.74) is 3.33. The van der Waals surface area contributed by atoms with E-state index in [4.69, 9.17) is 0 Å². The number of rotatable bonds is 6. The third-order valence-electron chi connectivity index (χ3n) is 7.16. The Morgan fingerprint density at radius 1 is 0.833 bits per heavy atom. The summed E-state index contributed by atoms with van der Waals surface area (Å²) < 4.78 is 0. The fourth-order valence-electron chi connectivity index (χ4n) is 4.98. The van der Waals surface area contributed by atoms with Crippen LogP contribution in [0.2, 0.25) is 0 Å². The number of anilines is 4. The van der Waals surface area contributed by atoms with Gasteiger partial charge in [-0.05, 0) is 62.4 Å². The highest BCUT2D eigenvalue weighted by Gasteiger charge is 2.23. The topological polar surface area (TPSA) is 83.7 Å². The van der Waals surface area contributed by atoms with Crippen molar-refractivity contribution in [2.45, 2.75) is 18.9 Å². The van der Waals surface area contributed by atoms with Crippen LogP contribution in [-0.4, -0.2) is 68.1 Å². The van der Waals surface area contributed by atoms with Gasteiger partial charge in [0.2, 0.25) is 0 Å². The largest absolute Gasteiger partial charge is 0.381 e. The number of piperidine rings is 1. The van der Waals surface area contributed by atoms with E-state index in [2.05, 4.69) is 61.6 Å². The summed E-state index contributed by atoms with van der Waals surface area (Å²) in [4.78, 5) is 35.5. The Morgan fingerprint density at radius 3 is 2.17 bits per heavy atom. The molecule has 2 fully saturated rings. The van der Waals surface area contributed by atoms with Crippen molar-refractivity contribution in [1.29, 1.82) is 0 Å². The lowest BCUT2D eigenvalue weighted by molar-refractivity contribution is 0.102. The van der Waals surface area contributed by atoms with Crippen LogP contribution in [0, 0.1) is 0 Å². The van der Waals surface area contributed by atoms with Gasteiger partial charge in [-0.2, -0.15) is 0 Å². The van der Waals surface area contributed by atoms with Gasteiger partial charge in [-0.1, -0.05) is 18.2 Å². The molecule has 8 nitrogen and oxygen atoms in total. The molecule has 2 saturated heterocycles. The van der Waals surface area contributed by atoms with Gasteiger partial charge in [-0.15, -0.1) is 0 Å². The maximum Gasteiger partial charge on any atom is 0.263 e. The van der Waals surface area contributed by atoms with E-state index in [9.17, 15) is 9.59 Å². The van der Waals surface area contributed by atoms with E-state index in [0.717, 1.165) is 57.8 Å². The monoisotopic (exact) mass is 486 g/mol. The minimum atomic E-state index is -0.409. The molecule has 2 aliphatic rings. The Bertz CT molecular complexity index is 1210. The van der Waals surface area contributed by atoms with Crippen molar-refractivity contribution < 1.29 is 4.79 Å². The summed E-state index contributed by atoms with van der Waals surface area (Å²) in [5.74, 6) is -0.409. The van der Waals surface area contributed by atoms with Gasteiger partial charge >= 0.3 is 0 Å². The van der Waals surface area contributed by atoms with E-state index in [1.807, 2.05) is 30.3 Å². The lowest BCUT2D eigenvalue weighted by atomic mass is 10.0. The summed E-state index contributed by atoms with van der Waals surface area (Å²) in [6, 6.07) is 20.2. The number of para-hydroxylation sites is 1. The number of carbonyl (C=O) groups is 1. The molecule has 2 aromatic carbocycles. The first-order valence-electron chi connectivity index (χ1n) is 12.7. The number of H-pyrrole nitrogens is 1. The maximum absolute atomic E-state index is 13.2. The Kier molecular flexibility index (Phi) is 7.23. The van der Waals surface area contributed by atoms with Crippen LogP contribution in [0.1, 0.15) is 23.2 Å². The van der Waals surface area contributed by atoms with Crippen LogP contribution in [0.5, 0.6) is 0 Å². The zero-order valence-corrected chi connectivity index (χ0v) is 20.7. The van der Waals surface area contributed by atoms with Crippen molar-refractivity contribution in [3.05, 3.63) is 82.8 Å². The molecule has 1 aromatic heterocycles. The van der Waals surface area contributed by atoms with Crippen molar-refractivity contribution in [3.63, 3.8) is 0 Å². The van der Waals surface area contributed by atoms with Gasteiger partial charge in [-0.25, -0.2) is 0 Å². The van der Waals surface area contributed by atoms with Gasteiger partial charge in [0.15, 0.2) is 0 Å². The number of aromatic nitrogens is 1. The second-order valence-electron chi connectivity index (χ2n) is 9.63. The highest BCUT2D eigenvalue weighted by molar-refractivity contribution is 6.07. The molecule has 0 radical (unpaired) electrons. The molecule has 36 heavy (non-hydrogen) atoms. The van der Waals surface area contributed by atoms with Crippen LogP contribution < -0.4 is 26.0 Å². The van der Waals surface area contributed by atoms with Crippen LogP contribution in [-0.2, 0) is 0 Å². The molecule has 0 spiro atoms. The second kappa shape index (κ2) is 10.9. The predicted molar refractivity (Wildman–Crippen MR) is 146 cm³/mol. The number of nitrogens with zero attached hydrogens (tertiary/aromatic N) is 3. The maximum atomic E-state index is 13.2. The van der Waals surface area contributed by atoms with E-state index >= 15 is 0 Å². The lowest BCUT2D eigenvalue weighted by Crippen LogP contribution is -2.44. The first kappa shape index (κ1) is 23.9. The zero-order valence-electron chi connectivity index (χ0n) is 20.7. The zero-order chi connectivity index (χ0) is 24.9. The number of amides is 1. The van der Waals surface area contributed by atoms with Gasteiger partial charge in [0.1, 0.15) is 5.56 Å². The number of carbonyl (C=O) groups excluding carboxylic acids is 1. The first-order valence-corrected chi connectivity index (χ1v) is 12.7. The van der Waals surface area contributed by atoms with Crippen molar-refractivity contribution in [2.75, 3.05) is 66.7 Å². The number of pyridine rings is 1. The minimum Gasteiger partial charge on any atom is -0.381 e. The van der Waals surface area contributed by atoms with Crippen molar-refractivity contribution in [1.82, 2.24) is 9.88 Å². The highest BCUT2D eigenvalue weighted by Crippen LogP contribution is 2.24. The third kappa shape index (κ3) is 5.54. The Balaban J connectivity index is 1.22. The smallest absolute Gasteiger partial charge is 0.263 e.